The highest BCUT2D eigenvalue weighted by Crippen LogP contribution is 2.37. The fourth-order valence-corrected chi connectivity index (χ4v) is 3.56. The van der Waals surface area contributed by atoms with Crippen molar-refractivity contribution in [3.8, 4) is 17.1 Å². The third-order valence-electron chi connectivity index (χ3n) is 5.17. The molecule has 0 unspecified atom stereocenters. The summed E-state index contributed by atoms with van der Waals surface area (Å²) < 4.78 is 45.9. The number of carbonyl (C=O) groups excluding carboxylic acids is 2. The number of hydrogen-bond acceptors (Lipinski definition) is 9. The Labute approximate surface area is 214 Å². The number of benzene rings is 1. The average molecular weight is 535 g/mol. The first-order valence-electron chi connectivity index (χ1n) is 12.3. The number of nitrogens with one attached hydrogen (secondary N) is 2. The van der Waals surface area contributed by atoms with Crippen LogP contribution in [0.2, 0.25) is 0 Å². The number of hydrogen-bond donors (Lipinski definition) is 4. The molecular formula is C21H25N8O7P. The second kappa shape index (κ2) is 10.6. The van der Waals surface area contributed by atoms with Crippen molar-refractivity contribution < 1.29 is 37.3 Å². The van der Waals surface area contributed by atoms with Gasteiger partial charge in [-0.05, 0) is 25.0 Å². The molecule has 2 aromatic heterocycles. The number of methoxy groups -OCH3 is 1. The first-order chi connectivity index (χ1) is 18.7. The Hall–Kier alpha value is -3.91. The van der Waals surface area contributed by atoms with E-state index in [1.165, 1.54) is 24.2 Å². The van der Waals surface area contributed by atoms with Crippen LogP contribution in [0.1, 0.15) is 27.4 Å². The van der Waals surface area contributed by atoms with Crippen LogP contribution in [0, 0.1) is 5.92 Å². The van der Waals surface area contributed by atoms with Crippen LogP contribution < -0.4 is 20.7 Å². The van der Waals surface area contributed by atoms with Gasteiger partial charge in [-0.3, -0.25) is 18.8 Å². The quantitative estimate of drug-likeness (QED) is 0.283. The molecule has 3 aromatic rings. The van der Waals surface area contributed by atoms with Gasteiger partial charge in [-0.2, -0.15) is 10.2 Å². The number of anilines is 1. The zero-order chi connectivity index (χ0) is 29.2. The van der Waals surface area contributed by atoms with Gasteiger partial charge in [0, 0.05) is 30.1 Å². The summed E-state index contributed by atoms with van der Waals surface area (Å²) in [6.07, 6.45) is 2.80. The lowest BCUT2D eigenvalue weighted by molar-refractivity contribution is -0.117. The minimum Gasteiger partial charge on any atom is -0.494 e. The van der Waals surface area contributed by atoms with Gasteiger partial charge < -0.3 is 25.2 Å². The standard InChI is InChI=1S/C21H25N8O7P/c1-22-21(31)17-15(24-14-6-4-5-13(18(14)35-3)19-23-10-28(2)27-19)9-16(25-20(30)12-7-8-12)29(26-17)11-36-37(32,33)34/h4-6,9-10,12H,7-8,11H2,1-3H3,(H,22,31)(H,25,30)(H2,32,33,34)/i1D3. The number of phosphoric ester groups is 1. The maximum atomic E-state index is 13.0. The molecule has 4 rings (SSSR count). The van der Waals surface area contributed by atoms with Gasteiger partial charge in [-0.25, -0.2) is 19.2 Å². The fourth-order valence-electron chi connectivity index (χ4n) is 3.30. The first kappa shape index (κ1) is 22.3. The van der Waals surface area contributed by atoms with Crippen molar-refractivity contribution in [3.05, 3.63) is 41.6 Å². The summed E-state index contributed by atoms with van der Waals surface area (Å²) >= 11 is 0. The molecule has 2 amide bonds. The lowest BCUT2D eigenvalue weighted by Gasteiger charge is -2.16. The Morgan fingerprint density at radius 1 is 1.32 bits per heavy atom. The molecule has 16 heteroatoms. The molecule has 0 atom stereocenters. The Morgan fingerprint density at radius 3 is 2.73 bits per heavy atom. The predicted molar refractivity (Wildman–Crippen MR) is 128 cm³/mol. The molecule has 1 aliphatic carbocycles. The van der Waals surface area contributed by atoms with Crippen molar-refractivity contribution in [2.75, 3.05) is 19.4 Å². The maximum Gasteiger partial charge on any atom is 0.471 e. The summed E-state index contributed by atoms with van der Waals surface area (Å²) in [5.74, 6) is -1.40. The van der Waals surface area contributed by atoms with Crippen LogP contribution in [0.5, 0.6) is 5.75 Å². The number of ether oxygens (including phenoxy) is 1. The molecule has 0 spiro atoms. The lowest BCUT2D eigenvalue weighted by Crippen LogP contribution is -2.32. The van der Waals surface area contributed by atoms with Gasteiger partial charge in [-0.1, -0.05) is 6.07 Å². The third-order valence-corrected chi connectivity index (χ3v) is 5.62. The topological polar surface area (TPSA) is 195 Å². The van der Waals surface area contributed by atoms with Crippen molar-refractivity contribution in [3.63, 3.8) is 0 Å². The summed E-state index contributed by atoms with van der Waals surface area (Å²) in [6.45, 7) is -3.78. The molecule has 0 aliphatic heterocycles. The van der Waals surface area contributed by atoms with Crippen molar-refractivity contribution in [2.24, 2.45) is 18.0 Å². The Bertz CT molecular complexity index is 1560. The van der Waals surface area contributed by atoms with Gasteiger partial charge >= 0.3 is 7.82 Å². The van der Waals surface area contributed by atoms with Crippen LogP contribution in [-0.4, -0.2) is 60.2 Å². The van der Waals surface area contributed by atoms with Crippen LogP contribution >= 0.6 is 7.82 Å². The molecular weight excluding hydrogens is 507 g/mol. The molecule has 0 saturated heterocycles. The normalized spacial score (nSPS) is 15.5. The Morgan fingerprint density at radius 2 is 2.11 bits per heavy atom. The highest BCUT2D eigenvalue weighted by atomic mass is 31.2. The first-order valence-corrected chi connectivity index (χ1v) is 12.3. The summed E-state index contributed by atoms with van der Waals surface area (Å²) in [7, 11) is -1.92. The molecule has 1 fully saturated rings. The van der Waals surface area contributed by atoms with Gasteiger partial charge in [-0.15, -0.1) is 0 Å². The zero-order valence-corrected chi connectivity index (χ0v) is 20.5. The number of rotatable bonds is 9. The highest BCUT2D eigenvalue weighted by molar-refractivity contribution is 7.46. The van der Waals surface area contributed by atoms with Crippen LogP contribution in [-0.2, 0) is 27.7 Å². The molecule has 1 aliphatic rings. The van der Waals surface area contributed by atoms with E-state index in [1.54, 1.807) is 25.2 Å². The number of nitrogens with zero attached hydrogens (tertiary/aromatic N) is 6. The number of aryl methyl sites for hydroxylation is 1. The monoisotopic (exact) mass is 535 g/mol. The molecule has 0 bridgehead atoms. The van der Waals surface area contributed by atoms with Crippen LogP contribution in [0.25, 0.3) is 11.4 Å². The van der Waals surface area contributed by atoms with E-state index in [-0.39, 0.29) is 28.5 Å². The lowest BCUT2D eigenvalue weighted by atomic mass is 10.1. The highest BCUT2D eigenvalue weighted by Gasteiger charge is 2.30. The fraction of sp³-hybridized carbons (Fsp3) is 0.333. The van der Waals surface area contributed by atoms with Crippen molar-refractivity contribution >= 4 is 31.1 Å². The number of phosphoric acid groups is 1. The van der Waals surface area contributed by atoms with E-state index in [0.717, 1.165) is 4.68 Å². The van der Waals surface area contributed by atoms with E-state index < -0.39 is 39.0 Å². The second-order valence-corrected chi connectivity index (χ2v) is 9.18. The van der Waals surface area contributed by atoms with Gasteiger partial charge in [0.15, 0.2) is 24.0 Å². The third kappa shape index (κ3) is 6.27. The number of carbonyl (C=O) groups is 2. The van der Waals surface area contributed by atoms with Crippen LogP contribution in [0.15, 0.2) is 35.6 Å². The minimum absolute atomic E-state index is 0.115. The van der Waals surface area contributed by atoms with E-state index >= 15 is 0 Å². The number of aromatic nitrogens is 5. The van der Waals surface area contributed by atoms with Crippen molar-refractivity contribution in [1.82, 2.24) is 29.9 Å². The smallest absolute Gasteiger partial charge is 0.471 e. The molecule has 15 nitrogen and oxygen atoms in total. The summed E-state index contributed by atoms with van der Waals surface area (Å²) in [5.41, 5.74) is 0.105. The Kier molecular flexibility index (Phi) is 6.39. The Balaban J connectivity index is 1.91. The van der Waals surface area contributed by atoms with Crippen LogP contribution in [0.4, 0.5) is 11.5 Å². The van der Waals surface area contributed by atoms with Crippen LogP contribution in [0.3, 0.4) is 0 Å². The van der Waals surface area contributed by atoms with Gasteiger partial charge in [0.2, 0.25) is 5.91 Å². The van der Waals surface area contributed by atoms with Crippen molar-refractivity contribution in [2.45, 2.75) is 19.6 Å². The molecule has 196 valence electrons. The predicted octanol–water partition coefficient (Wildman–Crippen LogP) is 0.694. The maximum absolute atomic E-state index is 13.0. The van der Waals surface area contributed by atoms with E-state index in [0.29, 0.717) is 24.2 Å². The number of amides is 2. The zero-order valence-electron chi connectivity index (χ0n) is 22.7. The SMILES string of the molecule is [2H]C([2H])([2H])NC(=O)c1nn(COP(=O)(O)O)c(NC(=O)C2CC2)cc1=Nc1cccc(-c2ncn(C)n2)c1OC. The van der Waals surface area contributed by atoms with Gasteiger partial charge in [0.1, 0.15) is 23.2 Å². The molecule has 1 saturated carbocycles. The van der Waals surface area contributed by atoms with Crippen molar-refractivity contribution in [1.29, 1.82) is 0 Å². The van der Waals surface area contributed by atoms with Gasteiger partial charge in [0.05, 0.1) is 12.7 Å². The molecule has 1 aromatic carbocycles. The van der Waals surface area contributed by atoms with E-state index in [2.05, 4.69) is 30.0 Å². The second-order valence-electron chi connectivity index (χ2n) is 7.94. The molecule has 4 N–H and O–H groups in total. The summed E-state index contributed by atoms with van der Waals surface area (Å²) in [5, 5.41) is 12.5. The minimum atomic E-state index is -4.99. The van der Waals surface area contributed by atoms with E-state index in [1.807, 2.05) is 5.32 Å². The molecule has 0 radical (unpaired) electrons. The largest absolute Gasteiger partial charge is 0.494 e. The summed E-state index contributed by atoms with van der Waals surface area (Å²) in [6, 6.07) is 6.08. The number of para-hydroxylation sites is 1. The molecule has 37 heavy (non-hydrogen) atoms. The van der Waals surface area contributed by atoms with Gasteiger partial charge in [0.25, 0.3) is 5.91 Å². The molecule has 2 heterocycles. The summed E-state index contributed by atoms with van der Waals surface area (Å²) in [4.78, 5) is 52.6. The van der Waals surface area contributed by atoms with E-state index in [9.17, 15) is 23.9 Å². The average Bonchev–Trinajstić information content (AvgIpc) is 3.62. The van der Waals surface area contributed by atoms with E-state index in [4.69, 9.17) is 8.85 Å².